The van der Waals surface area contributed by atoms with Gasteiger partial charge >= 0.3 is 17.7 Å². The Balaban J connectivity index is 2.03. The molecule has 0 bridgehead atoms. The van der Waals surface area contributed by atoms with E-state index in [1.807, 2.05) is 10.3 Å². The average molecular weight is 380 g/mol. The number of hydrogen-bond acceptors (Lipinski definition) is 2. The van der Waals surface area contributed by atoms with Crippen molar-refractivity contribution < 1.29 is 32.1 Å². The zero-order chi connectivity index (χ0) is 19.8. The van der Waals surface area contributed by atoms with E-state index in [0.29, 0.717) is 0 Å². The van der Waals surface area contributed by atoms with Crippen LogP contribution in [0.3, 0.4) is 0 Å². The molecule has 0 aliphatic carbocycles. The van der Waals surface area contributed by atoms with Gasteiger partial charge in [-0.05, 0) is 31.2 Å². The summed E-state index contributed by atoms with van der Waals surface area (Å²) in [5, 5.41) is 3.67. The first kappa shape index (κ1) is 18.6. The normalized spacial score (nSPS) is 19.4. The summed E-state index contributed by atoms with van der Waals surface area (Å²) in [5.41, 5.74) is -2.93. The number of nitrogens with one attached hydrogen (secondary N) is 3. The predicted molar refractivity (Wildman–Crippen MR) is 87.0 cm³/mol. The van der Waals surface area contributed by atoms with Crippen molar-refractivity contribution in [3.8, 4) is 0 Å². The molecule has 5 nitrogen and oxygen atoms in total. The third-order valence-electron chi connectivity index (χ3n) is 4.07. The second kappa shape index (κ2) is 6.49. The van der Waals surface area contributed by atoms with Crippen LogP contribution in [0.4, 0.5) is 17.6 Å². The summed E-state index contributed by atoms with van der Waals surface area (Å²) in [4.78, 5) is 26.4. The third-order valence-corrected chi connectivity index (χ3v) is 4.07. The summed E-state index contributed by atoms with van der Waals surface area (Å²) in [6.45, 7) is 1.75. The van der Waals surface area contributed by atoms with Gasteiger partial charge in [-0.15, -0.1) is 0 Å². The molecule has 0 unspecified atom stereocenters. The number of aryl methyl sites for hydroxylation is 1. The molecule has 2 aromatic carbocycles. The van der Waals surface area contributed by atoms with E-state index in [0.717, 1.165) is 11.6 Å². The van der Waals surface area contributed by atoms with Gasteiger partial charge in [0, 0.05) is 5.56 Å². The van der Waals surface area contributed by atoms with Crippen LogP contribution in [0.5, 0.6) is 0 Å². The summed E-state index contributed by atoms with van der Waals surface area (Å²) in [5.74, 6) is -3.98. The molecule has 0 spiro atoms. The molecular weight excluding hydrogens is 366 g/mol. The van der Waals surface area contributed by atoms with E-state index in [1.54, 1.807) is 24.4 Å². The van der Waals surface area contributed by atoms with E-state index < -0.39 is 35.3 Å². The van der Waals surface area contributed by atoms with Gasteiger partial charge in [-0.2, -0.15) is 13.2 Å². The Morgan fingerprint density at radius 2 is 1.74 bits per heavy atom. The van der Waals surface area contributed by atoms with Crippen LogP contribution in [0.1, 0.15) is 21.5 Å². The van der Waals surface area contributed by atoms with Gasteiger partial charge in [0.05, 0.1) is 5.56 Å². The average Bonchev–Trinajstić information content (AvgIpc) is 2.93. The number of rotatable bonds is 3. The van der Waals surface area contributed by atoms with Crippen molar-refractivity contribution in [2.75, 3.05) is 0 Å². The number of halogens is 4. The van der Waals surface area contributed by atoms with Crippen LogP contribution in [0.25, 0.3) is 0 Å². The molecule has 1 atom stereocenters. The lowest BCUT2D eigenvalue weighted by Gasteiger charge is -2.23. The molecule has 27 heavy (non-hydrogen) atoms. The molecule has 9 heteroatoms. The second-order valence-electron chi connectivity index (χ2n) is 6.00. The van der Waals surface area contributed by atoms with Gasteiger partial charge in [0.2, 0.25) is 0 Å². The number of alkyl halides is 3. The molecule has 3 rings (SSSR count). The number of benzene rings is 2. The van der Waals surface area contributed by atoms with Crippen molar-refractivity contribution in [1.29, 1.82) is 0 Å². The number of amidine groups is 1. The Bertz CT molecular complexity index is 938. The molecule has 0 saturated carbocycles. The van der Waals surface area contributed by atoms with Crippen LogP contribution in [0.15, 0.2) is 48.5 Å². The highest BCUT2D eigenvalue weighted by atomic mass is 19.4. The Morgan fingerprint density at radius 3 is 2.33 bits per heavy atom. The molecule has 0 aromatic heterocycles. The maximum Gasteiger partial charge on any atom is 0.465 e. The highest BCUT2D eigenvalue weighted by Crippen LogP contribution is 2.27. The number of hydrogen-bond donors (Lipinski definition) is 3. The van der Waals surface area contributed by atoms with Gasteiger partial charge < -0.3 is 0 Å². The lowest BCUT2D eigenvalue weighted by atomic mass is 10.1. The molecule has 3 N–H and O–H groups in total. The molecule has 140 valence electrons. The van der Waals surface area contributed by atoms with Gasteiger partial charge in [0.15, 0.2) is 0 Å². The molecule has 0 fully saturated rings. The van der Waals surface area contributed by atoms with Gasteiger partial charge in [-0.3, -0.25) is 10.1 Å². The van der Waals surface area contributed by atoms with Crippen molar-refractivity contribution in [1.82, 2.24) is 10.6 Å². The van der Waals surface area contributed by atoms with Crippen LogP contribution in [0, 0.1) is 12.7 Å². The zero-order valence-corrected chi connectivity index (χ0v) is 13.9. The molecular formula is C18H14F4N3O2+. The van der Waals surface area contributed by atoms with E-state index in [2.05, 4.69) is 0 Å². The number of carbonyl (C=O) groups excluding carboxylic acids is 2. The minimum absolute atomic E-state index is 0.0573. The van der Waals surface area contributed by atoms with Crippen molar-refractivity contribution in [2.24, 2.45) is 0 Å². The smallest absolute Gasteiger partial charge is 0.293 e. The van der Waals surface area contributed by atoms with Crippen molar-refractivity contribution in [3.05, 3.63) is 71.0 Å². The molecule has 1 aliphatic rings. The third kappa shape index (κ3) is 3.27. The first-order valence-corrected chi connectivity index (χ1v) is 7.81. The zero-order valence-electron chi connectivity index (χ0n) is 13.9. The minimum Gasteiger partial charge on any atom is -0.293 e. The molecule has 2 amide bonds. The first-order chi connectivity index (χ1) is 12.6. The van der Waals surface area contributed by atoms with E-state index >= 15 is 0 Å². The highest BCUT2D eigenvalue weighted by molar-refractivity contribution is 6.11. The van der Waals surface area contributed by atoms with Crippen LogP contribution < -0.4 is 15.6 Å². The van der Waals surface area contributed by atoms with Crippen molar-refractivity contribution in [2.45, 2.75) is 18.8 Å². The van der Waals surface area contributed by atoms with Crippen molar-refractivity contribution in [3.63, 3.8) is 0 Å². The minimum atomic E-state index is -5.19. The SMILES string of the molecule is Cc1ccc(C(=O)N[C@@]2(C(F)(F)F)[NH+]=C(c3ccccc3F)NC2=O)cc1. The number of amides is 2. The van der Waals surface area contributed by atoms with Crippen LogP contribution >= 0.6 is 0 Å². The van der Waals surface area contributed by atoms with Gasteiger partial charge in [0.1, 0.15) is 5.82 Å². The molecule has 0 radical (unpaired) electrons. The Labute approximate surface area is 151 Å². The quantitative estimate of drug-likeness (QED) is 0.689. The van der Waals surface area contributed by atoms with Gasteiger partial charge in [-0.25, -0.2) is 19.5 Å². The second-order valence-corrected chi connectivity index (χ2v) is 6.00. The fraction of sp³-hybridized carbons (Fsp3) is 0.167. The Hall–Kier alpha value is -3.23. The maximum atomic E-state index is 13.9. The molecule has 2 aromatic rings. The van der Waals surface area contributed by atoms with Crippen LogP contribution in [-0.4, -0.2) is 29.5 Å². The lowest BCUT2D eigenvalue weighted by molar-refractivity contribution is -0.580. The van der Waals surface area contributed by atoms with E-state index in [1.165, 1.54) is 30.3 Å². The summed E-state index contributed by atoms with van der Waals surface area (Å²) >= 11 is 0. The van der Waals surface area contributed by atoms with Crippen LogP contribution in [0.2, 0.25) is 0 Å². The lowest BCUT2D eigenvalue weighted by Crippen LogP contribution is -2.96. The highest BCUT2D eigenvalue weighted by Gasteiger charge is 2.70. The monoisotopic (exact) mass is 380 g/mol. The summed E-state index contributed by atoms with van der Waals surface area (Å²) in [6, 6.07) is 10.8. The predicted octanol–water partition coefficient (Wildman–Crippen LogP) is 0.780. The molecule has 0 saturated heterocycles. The standard InChI is InChI=1S/C18H13F4N3O2/c1-10-6-8-11(9-7-10)15(26)25-17(18(20,21)22)16(27)23-14(24-17)12-4-2-3-5-13(12)19/h2-9H,1H3,(H,25,26)(H,23,24,27)/p+1/t17-/m0/s1. The fourth-order valence-electron chi connectivity index (χ4n) is 2.59. The van der Waals surface area contributed by atoms with Crippen LogP contribution in [-0.2, 0) is 4.79 Å². The van der Waals surface area contributed by atoms with E-state index in [9.17, 15) is 27.2 Å². The van der Waals surface area contributed by atoms with E-state index in [-0.39, 0.29) is 11.1 Å². The Morgan fingerprint density at radius 1 is 1.11 bits per heavy atom. The van der Waals surface area contributed by atoms with Crippen molar-refractivity contribution >= 4 is 17.6 Å². The van der Waals surface area contributed by atoms with Gasteiger partial charge in [-0.1, -0.05) is 29.8 Å². The summed E-state index contributed by atoms with van der Waals surface area (Å²) in [6.07, 6.45) is -5.19. The largest absolute Gasteiger partial charge is 0.465 e. The molecule has 1 aliphatic heterocycles. The summed E-state index contributed by atoms with van der Waals surface area (Å²) < 4.78 is 55.2. The number of carbonyl (C=O) groups is 2. The topological polar surface area (TPSA) is 72.2 Å². The fourth-order valence-corrected chi connectivity index (χ4v) is 2.59. The molecule has 1 heterocycles. The van der Waals surface area contributed by atoms with E-state index in [4.69, 9.17) is 0 Å². The summed E-state index contributed by atoms with van der Waals surface area (Å²) in [7, 11) is 0. The first-order valence-electron chi connectivity index (χ1n) is 7.81. The van der Waals surface area contributed by atoms with Gasteiger partial charge in [0.25, 0.3) is 11.7 Å². The Kier molecular flexibility index (Phi) is 4.46. The maximum absolute atomic E-state index is 13.9.